The van der Waals surface area contributed by atoms with Gasteiger partial charge < -0.3 is 14.2 Å². The normalized spacial score (nSPS) is 11.8. The summed E-state index contributed by atoms with van der Waals surface area (Å²) in [6.45, 7) is 1.60. The monoisotopic (exact) mass is 372 g/mol. The second-order valence-electron chi connectivity index (χ2n) is 4.85. The molecule has 0 spiro atoms. The molecule has 0 atom stereocenters. The second kappa shape index (κ2) is 5.59. The van der Waals surface area contributed by atoms with Crippen LogP contribution >= 0.6 is 23.2 Å². The number of hydrogen-bond acceptors (Lipinski definition) is 4. The molecule has 0 amide bonds. The van der Waals surface area contributed by atoms with Crippen molar-refractivity contribution in [1.82, 2.24) is 9.97 Å². The maximum absolute atomic E-state index is 12.5. The molecule has 9 heteroatoms. The maximum Gasteiger partial charge on any atom is 0.339 e. The van der Waals surface area contributed by atoms with Gasteiger partial charge in [0, 0.05) is 11.1 Å². The molecule has 0 aliphatic rings. The number of rotatable bonds is 3. The largest absolute Gasteiger partial charge is 0.377 e. The van der Waals surface area contributed by atoms with Crippen molar-refractivity contribution in [2.24, 2.45) is 0 Å². The second-order valence-corrected chi connectivity index (χ2v) is 7.21. The molecule has 2 N–H and O–H groups in total. The smallest absolute Gasteiger partial charge is 0.339 e. The van der Waals surface area contributed by atoms with E-state index in [1.807, 2.05) is 0 Å². The van der Waals surface area contributed by atoms with Gasteiger partial charge >= 0.3 is 15.8 Å². The first-order valence-electron chi connectivity index (χ1n) is 6.38. The number of fused-ring (bicyclic) bond motifs is 1. The molecule has 0 radical (unpaired) electrons. The molecule has 0 saturated carbocycles. The van der Waals surface area contributed by atoms with E-state index in [4.69, 9.17) is 27.4 Å². The molecule has 0 fully saturated rings. The topological polar surface area (TPSA) is 92.0 Å². The summed E-state index contributed by atoms with van der Waals surface area (Å²) in [4.78, 5) is 16.3. The Balaban J connectivity index is 2.10. The van der Waals surface area contributed by atoms with E-state index in [1.165, 1.54) is 24.3 Å². The highest BCUT2D eigenvalue weighted by Gasteiger charge is 2.22. The lowest BCUT2D eigenvalue weighted by Crippen LogP contribution is -2.11. The number of aromatic nitrogens is 2. The molecular formula is C14H10Cl2N2O4S. The van der Waals surface area contributed by atoms with Gasteiger partial charge in [-0.3, -0.25) is 0 Å². The van der Waals surface area contributed by atoms with Crippen molar-refractivity contribution in [1.29, 1.82) is 0 Å². The third-order valence-electron chi connectivity index (χ3n) is 3.17. The van der Waals surface area contributed by atoms with Crippen LogP contribution in [-0.2, 0) is 10.1 Å². The fourth-order valence-electron chi connectivity index (χ4n) is 2.14. The van der Waals surface area contributed by atoms with E-state index in [-0.39, 0.29) is 15.7 Å². The van der Waals surface area contributed by atoms with Crippen molar-refractivity contribution < 1.29 is 12.6 Å². The highest BCUT2D eigenvalue weighted by Crippen LogP contribution is 2.31. The first-order valence-corrected chi connectivity index (χ1v) is 8.55. The zero-order valence-corrected chi connectivity index (χ0v) is 14.0. The fraction of sp³-hybridized carbons (Fsp3) is 0.0714. The van der Waals surface area contributed by atoms with E-state index in [0.717, 1.165) is 0 Å². The van der Waals surface area contributed by atoms with Gasteiger partial charge in [0.25, 0.3) is 0 Å². The van der Waals surface area contributed by atoms with E-state index in [1.54, 1.807) is 13.0 Å². The van der Waals surface area contributed by atoms with Crippen LogP contribution in [0, 0.1) is 6.92 Å². The molecule has 0 saturated heterocycles. The number of imidazole rings is 1. The van der Waals surface area contributed by atoms with Crippen molar-refractivity contribution >= 4 is 44.4 Å². The van der Waals surface area contributed by atoms with E-state index >= 15 is 0 Å². The van der Waals surface area contributed by atoms with Crippen LogP contribution in [0.15, 0.2) is 40.0 Å². The van der Waals surface area contributed by atoms with Gasteiger partial charge in [0.05, 0.1) is 16.1 Å². The number of aromatic amines is 2. The SMILES string of the molecule is Cc1cc2[nH]c(=O)[nH]c2cc1S(=O)(=O)Oc1cc(Cl)ccc1Cl. The fourth-order valence-corrected chi connectivity index (χ4v) is 3.69. The number of aryl methyl sites for hydroxylation is 1. The molecule has 0 aliphatic heterocycles. The average molecular weight is 373 g/mol. The van der Waals surface area contributed by atoms with E-state index in [9.17, 15) is 13.2 Å². The lowest BCUT2D eigenvalue weighted by molar-refractivity contribution is 0.485. The van der Waals surface area contributed by atoms with Gasteiger partial charge in [-0.05, 0) is 36.8 Å². The van der Waals surface area contributed by atoms with Gasteiger partial charge in [0.1, 0.15) is 4.90 Å². The molecule has 2 aromatic carbocycles. The van der Waals surface area contributed by atoms with Gasteiger partial charge in [0.15, 0.2) is 5.75 Å². The van der Waals surface area contributed by atoms with Crippen LogP contribution in [0.1, 0.15) is 5.56 Å². The summed E-state index contributed by atoms with van der Waals surface area (Å²) in [5, 5.41) is 0.411. The van der Waals surface area contributed by atoms with Crippen LogP contribution in [0.25, 0.3) is 11.0 Å². The quantitative estimate of drug-likeness (QED) is 0.690. The summed E-state index contributed by atoms with van der Waals surface area (Å²) in [5.74, 6) is -0.0683. The predicted octanol–water partition coefficient (Wildman–Crippen LogP) is 3.24. The number of halogens is 2. The first kappa shape index (κ1) is 15.9. The average Bonchev–Trinajstić information content (AvgIpc) is 2.80. The van der Waals surface area contributed by atoms with Crippen molar-refractivity contribution in [2.45, 2.75) is 11.8 Å². The third-order valence-corrected chi connectivity index (χ3v) is 5.10. The Morgan fingerprint density at radius 2 is 1.70 bits per heavy atom. The van der Waals surface area contributed by atoms with E-state index in [0.29, 0.717) is 21.6 Å². The third kappa shape index (κ3) is 3.08. The van der Waals surface area contributed by atoms with Crippen LogP contribution < -0.4 is 9.87 Å². The Kier molecular flexibility index (Phi) is 3.87. The predicted molar refractivity (Wildman–Crippen MR) is 87.9 cm³/mol. The lowest BCUT2D eigenvalue weighted by atomic mass is 10.2. The first-order chi connectivity index (χ1) is 10.8. The van der Waals surface area contributed by atoms with Crippen LogP contribution in [0.5, 0.6) is 5.75 Å². The Morgan fingerprint density at radius 3 is 2.39 bits per heavy atom. The summed E-state index contributed by atoms with van der Waals surface area (Å²) in [6.07, 6.45) is 0. The van der Waals surface area contributed by atoms with E-state index < -0.39 is 15.8 Å². The van der Waals surface area contributed by atoms with Crippen molar-refractivity contribution in [3.05, 3.63) is 56.4 Å². The minimum Gasteiger partial charge on any atom is -0.377 e. The molecule has 23 heavy (non-hydrogen) atoms. The van der Waals surface area contributed by atoms with Gasteiger partial charge in [-0.25, -0.2) is 4.79 Å². The Bertz CT molecular complexity index is 1070. The summed E-state index contributed by atoms with van der Waals surface area (Å²) in [6, 6.07) is 7.15. The standard InChI is InChI=1S/C14H10Cl2N2O4S/c1-7-4-10-11(18-14(19)17-10)6-13(7)23(20,21)22-12-5-8(15)2-3-9(12)16/h2-6H,1H3,(H2,17,18,19). The van der Waals surface area contributed by atoms with Crippen LogP contribution in [0.4, 0.5) is 0 Å². The lowest BCUT2D eigenvalue weighted by Gasteiger charge is -2.11. The molecule has 6 nitrogen and oxygen atoms in total. The molecule has 120 valence electrons. The molecule has 3 aromatic rings. The Labute approximate surface area is 141 Å². The molecule has 0 bridgehead atoms. The summed E-state index contributed by atoms with van der Waals surface area (Å²) < 4.78 is 30.1. The highest BCUT2D eigenvalue weighted by molar-refractivity contribution is 7.87. The number of hydrogen-bond donors (Lipinski definition) is 2. The molecule has 3 rings (SSSR count). The Morgan fingerprint density at radius 1 is 1.04 bits per heavy atom. The zero-order chi connectivity index (χ0) is 16.8. The van der Waals surface area contributed by atoms with Crippen LogP contribution in [0.3, 0.4) is 0 Å². The van der Waals surface area contributed by atoms with Gasteiger partial charge in [-0.1, -0.05) is 23.2 Å². The number of H-pyrrole nitrogens is 2. The minimum absolute atomic E-state index is 0.0683. The van der Waals surface area contributed by atoms with Crippen molar-refractivity contribution in [2.75, 3.05) is 0 Å². The molecule has 1 heterocycles. The number of benzene rings is 2. The highest BCUT2D eigenvalue weighted by atomic mass is 35.5. The van der Waals surface area contributed by atoms with E-state index in [2.05, 4.69) is 9.97 Å². The Hall–Kier alpha value is -1.96. The van der Waals surface area contributed by atoms with Crippen LogP contribution in [0.2, 0.25) is 10.0 Å². The number of nitrogens with one attached hydrogen (secondary N) is 2. The molecule has 0 aliphatic carbocycles. The van der Waals surface area contributed by atoms with Crippen molar-refractivity contribution in [3.8, 4) is 5.75 Å². The summed E-state index contributed by atoms with van der Waals surface area (Å²) >= 11 is 11.8. The molecule has 1 aromatic heterocycles. The van der Waals surface area contributed by atoms with Crippen LogP contribution in [-0.4, -0.2) is 18.4 Å². The summed E-state index contributed by atoms with van der Waals surface area (Å²) in [5.41, 5.74) is 0.867. The van der Waals surface area contributed by atoms with Crippen molar-refractivity contribution in [3.63, 3.8) is 0 Å². The maximum atomic E-state index is 12.5. The zero-order valence-electron chi connectivity index (χ0n) is 11.7. The van der Waals surface area contributed by atoms with Gasteiger partial charge in [-0.2, -0.15) is 8.42 Å². The molecular weight excluding hydrogens is 363 g/mol. The summed E-state index contributed by atoms with van der Waals surface area (Å²) in [7, 11) is -4.14. The molecule has 0 unspecified atom stereocenters. The van der Waals surface area contributed by atoms with Gasteiger partial charge in [0.2, 0.25) is 0 Å². The van der Waals surface area contributed by atoms with Gasteiger partial charge in [-0.15, -0.1) is 0 Å². The minimum atomic E-state index is -4.14.